The first-order valence-corrected chi connectivity index (χ1v) is 7.75. The van der Waals surface area contributed by atoms with Gasteiger partial charge < -0.3 is 15.2 Å². The topological polar surface area (TPSA) is 47.1 Å². The first-order valence-electron chi connectivity index (χ1n) is 7.75. The summed E-state index contributed by atoms with van der Waals surface area (Å²) in [4.78, 5) is 7.32. The minimum atomic E-state index is 0.791. The van der Waals surface area contributed by atoms with Gasteiger partial charge in [0.05, 0.1) is 11.2 Å². The lowest BCUT2D eigenvalue weighted by atomic mass is 10.2. The lowest BCUT2D eigenvalue weighted by Gasteiger charge is -2.16. The fourth-order valence-corrected chi connectivity index (χ4v) is 3.13. The van der Waals surface area contributed by atoms with E-state index in [9.17, 15) is 0 Å². The van der Waals surface area contributed by atoms with Crippen molar-refractivity contribution in [2.24, 2.45) is 0 Å². The number of nitrogens with zero attached hydrogens (tertiary/aromatic N) is 3. The van der Waals surface area contributed by atoms with Gasteiger partial charge in [0.1, 0.15) is 11.3 Å². The molecule has 4 heteroatoms. The Labute approximate surface area is 120 Å². The van der Waals surface area contributed by atoms with Crippen molar-refractivity contribution in [1.29, 1.82) is 0 Å². The SMILES string of the molecule is CCCc1nc2c(N)cccc2n1CCN1CCCC1. The molecule has 2 heterocycles. The molecule has 20 heavy (non-hydrogen) atoms. The number of hydrogen-bond acceptors (Lipinski definition) is 3. The van der Waals surface area contributed by atoms with Crippen LogP contribution in [0.1, 0.15) is 32.0 Å². The van der Waals surface area contributed by atoms with Crippen molar-refractivity contribution in [3.05, 3.63) is 24.0 Å². The molecule has 2 aromatic rings. The third-order valence-electron chi connectivity index (χ3n) is 4.20. The van der Waals surface area contributed by atoms with Crippen molar-refractivity contribution >= 4 is 16.7 Å². The van der Waals surface area contributed by atoms with Gasteiger partial charge in [-0.1, -0.05) is 13.0 Å². The number of benzene rings is 1. The van der Waals surface area contributed by atoms with Gasteiger partial charge in [-0.25, -0.2) is 4.98 Å². The Morgan fingerprint density at radius 1 is 1.20 bits per heavy atom. The minimum Gasteiger partial charge on any atom is -0.397 e. The Kier molecular flexibility index (Phi) is 3.92. The zero-order valence-corrected chi connectivity index (χ0v) is 12.3. The smallest absolute Gasteiger partial charge is 0.112 e. The number of fused-ring (bicyclic) bond motifs is 1. The van der Waals surface area contributed by atoms with Crippen molar-refractivity contribution in [3.63, 3.8) is 0 Å². The van der Waals surface area contributed by atoms with E-state index < -0.39 is 0 Å². The average molecular weight is 272 g/mol. The van der Waals surface area contributed by atoms with Gasteiger partial charge in [-0.2, -0.15) is 0 Å². The molecule has 1 aromatic heterocycles. The van der Waals surface area contributed by atoms with Crippen molar-refractivity contribution in [3.8, 4) is 0 Å². The number of nitrogen functional groups attached to an aromatic ring is 1. The van der Waals surface area contributed by atoms with Gasteiger partial charge in [-0.05, 0) is 44.5 Å². The summed E-state index contributed by atoms with van der Waals surface area (Å²) in [6.07, 6.45) is 4.83. The molecule has 1 aromatic carbocycles. The van der Waals surface area contributed by atoms with Crippen LogP contribution in [0, 0.1) is 0 Å². The van der Waals surface area contributed by atoms with Gasteiger partial charge in [0, 0.05) is 19.5 Å². The summed E-state index contributed by atoms with van der Waals surface area (Å²) in [5, 5.41) is 0. The van der Waals surface area contributed by atoms with Gasteiger partial charge in [0.15, 0.2) is 0 Å². The van der Waals surface area contributed by atoms with Crippen molar-refractivity contribution in [2.45, 2.75) is 39.2 Å². The Morgan fingerprint density at radius 2 is 2.00 bits per heavy atom. The molecule has 0 aliphatic carbocycles. The van der Waals surface area contributed by atoms with Crippen LogP contribution in [0.4, 0.5) is 5.69 Å². The van der Waals surface area contributed by atoms with Gasteiger partial charge in [0.2, 0.25) is 0 Å². The van der Waals surface area contributed by atoms with Gasteiger partial charge in [-0.3, -0.25) is 0 Å². The van der Waals surface area contributed by atoms with E-state index in [2.05, 4.69) is 22.5 Å². The molecular formula is C16H24N4. The Bertz CT molecular complexity index is 581. The van der Waals surface area contributed by atoms with Crippen LogP contribution in [0.2, 0.25) is 0 Å². The third kappa shape index (κ3) is 2.52. The van der Waals surface area contributed by atoms with Crippen LogP contribution in [-0.4, -0.2) is 34.1 Å². The molecule has 3 rings (SSSR count). The van der Waals surface area contributed by atoms with Crippen LogP contribution in [0.5, 0.6) is 0 Å². The molecule has 0 unspecified atom stereocenters. The van der Waals surface area contributed by atoms with Crippen LogP contribution in [-0.2, 0) is 13.0 Å². The summed E-state index contributed by atoms with van der Waals surface area (Å²) < 4.78 is 2.37. The molecule has 4 nitrogen and oxygen atoms in total. The number of rotatable bonds is 5. The van der Waals surface area contributed by atoms with E-state index in [1.54, 1.807) is 0 Å². The summed E-state index contributed by atoms with van der Waals surface area (Å²) >= 11 is 0. The lowest BCUT2D eigenvalue weighted by molar-refractivity contribution is 0.322. The molecule has 0 saturated carbocycles. The Morgan fingerprint density at radius 3 is 2.75 bits per heavy atom. The monoisotopic (exact) mass is 272 g/mol. The molecule has 0 atom stereocenters. The Balaban J connectivity index is 1.89. The molecule has 2 N–H and O–H groups in total. The second-order valence-electron chi connectivity index (χ2n) is 5.69. The van der Waals surface area contributed by atoms with Crippen molar-refractivity contribution in [2.75, 3.05) is 25.4 Å². The largest absolute Gasteiger partial charge is 0.397 e. The number of aryl methyl sites for hydroxylation is 1. The highest BCUT2D eigenvalue weighted by Crippen LogP contribution is 2.23. The number of nitrogens with two attached hydrogens (primary N) is 1. The van der Waals surface area contributed by atoms with E-state index in [0.29, 0.717) is 0 Å². The Hall–Kier alpha value is -1.55. The molecule has 1 fully saturated rings. The van der Waals surface area contributed by atoms with Crippen molar-refractivity contribution in [1.82, 2.24) is 14.5 Å². The fraction of sp³-hybridized carbons (Fsp3) is 0.562. The van der Waals surface area contributed by atoms with Crippen LogP contribution in [0.25, 0.3) is 11.0 Å². The van der Waals surface area contributed by atoms with Crippen LogP contribution < -0.4 is 5.73 Å². The number of hydrogen-bond donors (Lipinski definition) is 1. The maximum Gasteiger partial charge on any atom is 0.112 e. The highest BCUT2D eigenvalue weighted by molar-refractivity contribution is 5.87. The molecule has 0 spiro atoms. The number of para-hydroxylation sites is 1. The molecule has 0 radical (unpaired) electrons. The summed E-state index contributed by atoms with van der Waals surface area (Å²) in [5.41, 5.74) is 9.02. The van der Waals surface area contributed by atoms with E-state index in [4.69, 9.17) is 10.7 Å². The summed E-state index contributed by atoms with van der Waals surface area (Å²) in [5.74, 6) is 1.18. The standard InChI is InChI=1S/C16H24N4/c1-2-6-15-18-16-13(17)7-5-8-14(16)20(15)12-11-19-9-3-4-10-19/h5,7-8H,2-4,6,9-12,17H2,1H3. The highest BCUT2D eigenvalue weighted by Gasteiger charge is 2.15. The normalized spacial score (nSPS) is 16.2. The summed E-state index contributed by atoms with van der Waals surface area (Å²) in [7, 11) is 0. The highest BCUT2D eigenvalue weighted by atomic mass is 15.2. The number of likely N-dealkylation sites (tertiary alicyclic amines) is 1. The molecular weight excluding hydrogens is 248 g/mol. The third-order valence-corrected chi connectivity index (χ3v) is 4.20. The first-order chi connectivity index (χ1) is 9.79. The van der Waals surface area contributed by atoms with Crippen LogP contribution in [0.3, 0.4) is 0 Å². The summed E-state index contributed by atoms with van der Waals surface area (Å²) in [6.45, 7) is 6.84. The zero-order valence-electron chi connectivity index (χ0n) is 12.3. The predicted molar refractivity (Wildman–Crippen MR) is 83.8 cm³/mol. The van der Waals surface area contributed by atoms with Gasteiger partial charge in [0.25, 0.3) is 0 Å². The molecule has 108 valence electrons. The number of anilines is 1. The molecule has 1 aliphatic heterocycles. The first kappa shape index (κ1) is 13.4. The van der Waals surface area contributed by atoms with Crippen LogP contribution in [0.15, 0.2) is 18.2 Å². The molecule has 1 aliphatic rings. The van der Waals surface area contributed by atoms with Crippen molar-refractivity contribution < 1.29 is 0 Å². The van der Waals surface area contributed by atoms with E-state index in [1.807, 2.05) is 12.1 Å². The van der Waals surface area contributed by atoms with Gasteiger partial charge in [-0.15, -0.1) is 0 Å². The van der Waals surface area contributed by atoms with E-state index in [-0.39, 0.29) is 0 Å². The van der Waals surface area contributed by atoms with E-state index in [1.165, 1.54) is 37.3 Å². The van der Waals surface area contributed by atoms with Crippen LogP contribution >= 0.6 is 0 Å². The maximum absolute atomic E-state index is 6.07. The fourth-order valence-electron chi connectivity index (χ4n) is 3.13. The van der Waals surface area contributed by atoms with Gasteiger partial charge >= 0.3 is 0 Å². The maximum atomic E-state index is 6.07. The quantitative estimate of drug-likeness (QED) is 0.851. The molecule has 0 bridgehead atoms. The zero-order chi connectivity index (χ0) is 13.9. The molecule has 1 saturated heterocycles. The predicted octanol–water partition coefficient (Wildman–Crippen LogP) is 2.67. The minimum absolute atomic E-state index is 0.791. The van der Waals surface area contributed by atoms with E-state index in [0.717, 1.165) is 37.1 Å². The van der Waals surface area contributed by atoms with E-state index >= 15 is 0 Å². The molecule has 0 amide bonds. The second kappa shape index (κ2) is 5.83. The lowest BCUT2D eigenvalue weighted by Crippen LogP contribution is -2.24. The summed E-state index contributed by atoms with van der Waals surface area (Å²) in [6, 6.07) is 6.11. The number of imidazole rings is 1. The average Bonchev–Trinajstić information content (AvgIpc) is 3.05. The number of aromatic nitrogens is 2. The second-order valence-corrected chi connectivity index (χ2v) is 5.69.